The third-order valence-electron chi connectivity index (χ3n) is 4.20. The fourth-order valence-corrected chi connectivity index (χ4v) is 2.81. The Morgan fingerprint density at radius 2 is 1.48 bits per heavy atom. The zero-order valence-electron chi connectivity index (χ0n) is 13.5. The summed E-state index contributed by atoms with van der Waals surface area (Å²) in [6, 6.07) is 6.89. The summed E-state index contributed by atoms with van der Waals surface area (Å²) in [5.74, 6) is -2.48. The van der Waals surface area contributed by atoms with Gasteiger partial charge in [0.1, 0.15) is 17.2 Å². The van der Waals surface area contributed by atoms with Crippen LogP contribution in [0.2, 0.25) is 0 Å². The highest BCUT2D eigenvalue weighted by atomic mass is 19.1. The second-order valence-corrected chi connectivity index (χ2v) is 5.80. The molecule has 1 saturated heterocycles. The van der Waals surface area contributed by atoms with Crippen LogP contribution in [0.5, 0.6) is 0 Å². The Morgan fingerprint density at radius 3 is 2.08 bits per heavy atom. The number of carbonyl (C=O) groups excluding carboxylic acids is 2. The molecule has 0 N–H and O–H groups in total. The SMILES string of the molecule is O=C(Cc1ccncc1)N1CCN(C(=O)c2c(F)cccc2F)CC1. The number of carbonyl (C=O) groups is 2. The number of halogens is 2. The highest BCUT2D eigenvalue weighted by Gasteiger charge is 2.28. The van der Waals surface area contributed by atoms with Gasteiger partial charge in [-0.2, -0.15) is 0 Å². The number of hydrogen-bond donors (Lipinski definition) is 0. The molecule has 3 rings (SSSR count). The van der Waals surface area contributed by atoms with E-state index in [0.29, 0.717) is 13.1 Å². The van der Waals surface area contributed by atoms with E-state index in [1.165, 1.54) is 11.0 Å². The zero-order chi connectivity index (χ0) is 17.8. The fourth-order valence-electron chi connectivity index (χ4n) is 2.81. The van der Waals surface area contributed by atoms with Gasteiger partial charge in [-0.25, -0.2) is 8.78 Å². The van der Waals surface area contributed by atoms with E-state index in [1.807, 2.05) is 0 Å². The van der Waals surface area contributed by atoms with Gasteiger partial charge in [0, 0.05) is 38.6 Å². The van der Waals surface area contributed by atoms with Crippen LogP contribution in [-0.2, 0) is 11.2 Å². The molecule has 7 heteroatoms. The van der Waals surface area contributed by atoms with E-state index in [4.69, 9.17) is 0 Å². The first kappa shape index (κ1) is 17.0. The van der Waals surface area contributed by atoms with Gasteiger partial charge in [0.2, 0.25) is 5.91 Å². The summed E-state index contributed by atoms with van der Waals surface area (Å²) in [5, 5.41) is 0. The van der Waals surface area contributed by atoms with Gasteiger partial charge in [-0.15, -0.1) is 0 Å². The molecule has 1 aliphatic heterocycles. The van der Waals surface area contributed by atoms with Crippen LogP contribution in [0.25, 0.3) is 0 Å². The van der Waals surface area contributed by atoms with E-state index >= 15 is 0 Å². The van der Waals surface area contributed by atoms with E-state index in [0.717, 1.165) is 17.7 Å². The van der Waals surface area contributed by atoms with Crippen LogP contribution in [0.1, 0.15) is 15.9 Å². The van der Waals surface area contributed by atoms with Gasteiger partial charge in [0.15, 0.2) is 0 Å². The first-order chi connectivity index (χ1) is 12.1. The Hall–Kier alpha value is -2.83. The molecular formula is C18H17F2N3O2. The van der Waals surface area contributed by atoms with Gasteiger partial charge < -0.3 is 9.80 Å². The van der Waals surface area contributed by atoms with Crippen molar-refractivity contribution in [1.29, 1.82) is 0 Å². The Balaban J connectivity index is 1.60. The maximum Gasteiger partial charge on any atom is 0.259 e. The number of aromatic nitrogens is 1. The molecule has 0 spiro atoms. The maximum atomic E-state index is 13.7. The Kier molecular flexibility index (Phi) is 5.02. The van der Waals surface area contributed by atoms with Crippen molar-refractivity contribution in [2.75, 3.05) is 26.2 Å². The van der Waals surface area contributed by atoms with Crippen LogP contribution in [-0.4, -0.2) is 52.8 Å². The molecular weight excluding hydrogens is 328 g/mol. The lowest BCUT2D eigenvalue weighted by Gasteiger charge is -2.35. The Labute approximate surface area is 143 Å². The second kappa shape index (κ2) is 7.38. The van der Waals surface area contributed by atoms with Gasteiger partial charge in [-0.05, 0) is 29.8 Å². The Morgan fingerprint density at radius 1 is 0.920 bits per heavy atom. The highest BCUT2D eigenvalue weighted by Crippen LogP contribution is 2.16. The molecule has 2 amide bonds. The minimum atomic E-state index is -0.874. The Bertz CT molecular complexity index is 755. The van der Waals surface area contributed by atoms with Crippen molar-refractivity contribution in [3.63, 3.8) is 0 Å². The lowest BCUT2D eigenvalue weighted by atomic mass is 10.1. The van der Waals surface area contributed by atoms with Crippen LogP contribution in [0, 0.1) is 11.6 Å². The molecule has 130 valence electrons. The zero-order valence-corrected chi connectivity index (χ0v) is 13.5. The van der Waals surface area contributed by atoms with E-state index in [2.05, 4.69) is 4.98 Å². The van der Waals surface area contributed by atoms with Crippen LogP contribution in [0.15, 0.2) is 42.7 Å². The van der Waals surface area contributed by atoms with Gasteiger partial charge in [0.25, 0.3) is 5.91 Å². The molecule has 2 aromatic rings. The largest absolute Gasteiger partial charge is 0.339 e. The molecule has 1 aliphatic rings. The first-order valence-electron chi connectivity index (χ1n) is 7.96. The van der Waals surface area contributed by atoms with E-state index in [-0.39, 0.29) is 25.4 Å². The van der Waals surface area contributed by atoms with Crippen molar-refractivity contribution in [3.05, 3.63) is 65.5 Å². The van der Waals surface area contributed by atoms with E-state index < -0.39 is 23.1 Å². The molecule has 0 unspecified atom stereocenters. The van der Waals surface area contributed by atoms with Crippen LogP contribution in [0.4, 0.5) is 8.78 Å². The summed E-state index contributed by atoms with van der Waals surface area (Å²) in [6.07, 6.45) is 3.52. The fraction of sp³-hybridized carbons (Fsp3) is 0.278. The van der Waals surface area contributed by atoms with Gasteiger partial charge >= 0.3 is 0 Å². The summed E-state index contributed by atoms with van der Waals surface area (Å²) in [4.78, 5) is 31.6. The summed E-state index contributed by atoms with van der Waals surface area (Å²) in [6.45, 7) is 1.17. The number of pyridine rings is 1. The third-order valence-corrected chi connectivity index (χ3v) is 4.20. The van der Waals surface area contributed by atoms with Crippen molar-refractivity contribution in [2.45, 2.75) is 6.42 Å². The topological polar surface area (TPSA) is 53.5 Å². The molecule has 1 fully saturated rings. The number of benzene rings is 1. The molecule has 0 atom stereocenters. The van der Waals surface area contributed by atoms with Crippen LogP contribution in [0.3, 0.4) is 0 Å². The number of amides is 2. The summed E-state index contributed by atoms with van der Waals surface area (Å²) in [5.41, 5.74) is 0.325. The predicted molar refractivity (Wildman–Crippen MR) is 86.8 cm³/mol. The van der Waals surface area contributed by atoms with E-state index in [1.54, 1.807) is 29.4 Å². The third kappa shape index (κ3) is 3.81. The van der Waals surface area contributed by atoms with Crippen LogP contribution < -0.4 is 0 Å². The predicted octanol–water partition coefficient (Wildman–Crippen LogP) is 1.89. The lowest BCUT2D eigenvalue weighted by Crippen LogP contribution is -2.51. The molecule has 0 radical (unpaired) electrons. The summed E-state index contributed by atoms with van der Waals surface area (Å²) in [7, 11) is 0. The molecule has 0 bridgehead atoms. The average Bonchev–Trinajstić information content (AvgIpc) is 2.62. The highest BCUT2D eigenvalue weighted by molar-refractivity contribution is 5.95. The molecule has 1 aromatic carbocycles. The molecule has 2 heterocycles. The van der Waals surface area contributed by atoms with E-state index in [9.17, 15) is 18.4 Å². The minimum absolute atomic E-state index is 0.0460. The lowest BCUT2D eigenvalue weighted by molar-refractivity contribution is -0.131. The maximum absolute atomic E-state index is 13.7. The monoisotopic (exact) mass is 345 g/mol. The smallest absolute Gasteiger partial charge is 0.259 e. The number of piperazine rings is 1. The standard InChI is InChI=1S/C18H17F2N3O2/c19-14-2-1-3-15(20)17(14)18(25)23-10-8-22(9-11-23)16(24)12-13-4-6-21-7-5-13/h1-7H,8-12H2. The summed E-state index contributed by atoms with van der Waals surface area (Å²) >= 11 is 0. The van der Waals surface area contributed by atoms with Crippen molar-refractivity contribution >= 4 is 11.8 Å². The van der Waals surface area contributed by atoms with Gasteiger partial charge in [0.05, 0.1) is 6.42 Å². The number of nitrogens with zero attached hydrogens (tertiary/aromatic N) is 3. The molecule has 0 saturated carbocycles. The van der Waals surface area contributed by atoms with Crippen molar-refractivity contribution in [3.8, 4) is 0 Å². The molecule has 0 aliphatic carbocycles. The number of hydrogen-bond acceptors (Lipinski definition) is 3. The second-order valence-electron chi connectivity index (χ2n) is 5.80. The number of rotatable bonds is 3. The quantitative estimate of drug-likeness (QED) is 0.854. The molecule has 25 heavy (non-hydrogen) atoms. The van der Waals surface area contributed by atoms with Gasteiger partial charge in [-0.3, -0.25) is 14.6 Å². The van der Waals surface area contributed by atoms with Crippen molar-refractivity contribution in [1.82, 2.24) is 14.8 Å². The van der Waals surface area contributed by atoms with Gasteiger partial charge in [-0.1, -0.05) is 6.07 Å². The molecule has 1 aromatic heterocycles. The van der Waals surface area contributed by atoms with Crippen LogP contribution >= 0.6 is 0 Å². The molecule has 5 nitrogen and oxygen atoms in total. The average molecular weight is 345 g/mol. The normalized spacial score (nSPS) is 14.5. The first-order valence-corrected chi connectivity index (χ1v) is 7.96. The summed E-state index contributed by atoms with van der Waals surface area (Å²) < 4.78 is 27.5. The van der Waals surface area contributed by atoms with Crippen molar-refractivity contribution < 1.29 is 18.4 Å². The minimum Gasteiger partial charge on any atom is -0.339 e. The van der Waals surface area contributed by atoms with Crippen molar-refractivity contribution in [2.24, 2.45) is 0 Å².